The molecule has 0 aliphatic carbocycles. The Balaban J connectivity index is 0.000000511. The van der Waals surface area contributed by atoms with Gasteiger partial charge in [-0.15, -0.1) is 11.3 Å². The number of allylic oxidation sites excluding steroid dienone is 2. The maximum atomic E-state index is 4.25. The van der Waals surface area contributed by atoms with Crippen LogP contribution < -0.4 is 9.75 Å². The van der Waals surface area contributed by atoms with E-state index in [9.17, 15) is 0 Å². The standard InChI is InChI=1S/C19H15BrS.C4H10/c1-3-4-11-18-13(2)16-9-6-10-17(19(16)21-18)14-7-5-8-15(20)12-14;1-4(2)3/h3-12H,2H2,1H3;4H,1-3H3/b4-3-,18-11+;. The molecule has 130 valence electrons. The first-order chi connectivity index (χ1) is 11.9. The average Bonchev–Trinajstić information content (AvgIpc) is 2.89. The Bertz CT molecular complexity index is 974. The molecule has 0 aliphatic rings. The number of rotatable bonds is 2. The Labute approximate surface area is 163 Å². The predicted octanol–water partition coefficient (Wildman–Crippen LogP) is 6.76. The number of thiophene rings is 1. The summed E-state index contributed by atoms with van der Waals surface area (Å²) in [6, 6.07) is 14.9. The maximum Gasteiger partial charge on any atom is 0.0433 e. The molecule has 0 fully saturated rings. The minimum Gasteiger partial charge on any atom is -0.135 e. The molecule has 0 unspecified atom stereocenters. The van der Waals surface area contributed by atoms with Crippen LogP contribution in [0.1, 0.15) is 27.7 Å². The summed E-state index contributed by atoms with van der Waals surface area (Å²) in [7, 11) is 0. The first-order valence-corrected chi connectivity index (χ1v) is 10.1. The van der Waals surface area contributed by atoms with Gasteiger partial charge in [0.2, 0.25) is 0 Å². The van der Waals surface area contributed by atoms with E-state index in [1.807, 2.05) is 13.0 Å². The Morgan fingerprint density at radius 2 is 1.76 bits per heavy atom. The fourth-order valence-electron chi connectivity index (χ4n) is 2.39. The Morgan fingerprint density at radius 1 is 1.08 bits per heavy atom. The van der Waals surface area contributed by atoms with Crippen LogP contribution in [0.4, 0.5) is 0 Å². The Morgan fingerprint density at radius 3 is 2.40 bits per heavy atom. The third kappa shape index (κ3) is 5.17. The van der Waals surface area contributed by atoms with Gasteiger partial charge in [0.25, 0.3) is 0 Å². The van der Waals surface area contributed by atoms with E-state index in [-0.39, 0.29) is 0 Å². The van der Waals surface area contributed by atoms with Gasteiger partial charge in [-0.1, -0.05) is 85.8 Å². The van der Waals surface area contributed by atoms with Crippen molar-refractivity contribution >= 4 is 50.0 Å². The molecular weight excluding hydrogens is 388 g/mol. The molecule has 0 aliphatic heterocycles. The topological polar surface area (TPSA) is 0 Å². The molecule has 0 amide bonds. The molecule has 0 bridgehead atoms. The molecule has 0 spiro atoms. The van der Waals surface area contributed by atoms with Gasteiger partial charge in [0.05, 0.1) is 0 Å². The molecule has 0 atom stereocenters. The highest BCUT2D eigenvalue weighted by atomic mass is 79.9. The third-order valence-corrected chi connectivity index (χ3v) is 5.16. The van der Waals surface area contributed by atoms with Crippen molar-refractivity contribution in [3.8, 4) is 11.1 Å². The van der Waals surface area contributed by atoms with Gasteiger partial charge < -0.3 is 0 Å². The second-order valence-electron chi connectivity index (χ2n) is 6.56. The molecule has 25 heavy (non-hydrogen) atoms. The maximum absolute atomic E-state index is 4.25. The SMILES string of the molecule is C=c1/c(=C\C=C/C)sc2c(-c3cccc(Br)c3)cccc12.CC(C)C. The van der Waals surface area contributed by atoms with Crippen molar-refractivity contribution in [2.24, 2.45) is 5.92 Å². The Kier molecular flexibility index (Phi) is 7.22. The third-order valence-electron chi connectivity index (χ3n) is 3.43. The van der Waals surface area contributed by atoms with E-state index in [0.717, 1.165) is 15.6 Å². The molecule has 0 nitrogen and oxygen atoms in total. The van der Waals surface area contributed by atoms with E-state index in [0.29, 0.717) is 0 Å². The van der Waals surface area contributed by atoms with Gasteiger partial charge in [0, 0.05) is 19.1 Å². The van der Waals surface area contributed by atoms with Gasteiger partial charge in [0.15, 0.2) is 0 Å². The highest BCUT2D eigenvalue weighted by molar-refractivity contribution is 9.10. The fraction of sp³-hybridized carbons (Fsp3) is 0.217. The predicted molar refractivity (Wildman–Crippen MR) is 120 cm³/mol. The van der Waals surface area contributed by atoms with Crippen LogP contribution in [0, 0.1) is 5.92 Å². The second-order valence-corrected chi connectivity index (χ2v) is 8.53. The van der Waals surface area contributed by atoms with Gasteiger partial charge in [-0.05, 0) is 47.4 Å². The van der Waals surface area contributed by atoms with E-state index in [1.54, 1.807) is 11.3 Å². The lowest BCUT2D eigenvalue weighted by Gasteiger charge is -2.03. The molecular formula is C23H25BrS. The summed E-state index contributed by atoms with van der Waals surface area (Å²) >= 11 is 5.36. The largest absolute Gasteiger partial charge is 0.135 e. The van der Waals surface area contributed by atoms with Crippen molar-refractivity contribution in [2.45, 2.75) is 27.7 Å². The summed E-state index contributed by atoms with van der Waals surface area (Å²) in [6.07, 6.45) is 6.24. The molecule has 1 heterocycles. The minimum absolute atomic E-state index is 0.833. The van der Waals surface area contributed by atoms with Crippen LogP contribution in [0.3, 0.4) is 0 Å². The van der Waals surface area contributed by atoms with Gasteiger partial charge in [0.1, 0.15) is 0 Å². The summed E-state index contributed by atoms with van der Waals surface area (Å²) in [6.45, 7) is 12.8. The molecule has 0 radical (unpaired) electrons. The summed E-state index contributed by atoms with van der Waals surface area (Å²) < 4.78 is 3.63. The number of hydrogen-bond acceptors (Lipinski definition) is 1. The van der Waals surface area contributed by atoms with Crippen LogP contribution in [0.5, 0.6) is 0 Å². The van der Waals surface area contributed by atoms with Crippen molar-refractivity contribution in [3.63, 3.8) is 0 Å². The molecule has 2 heteroatoms. The molecule has 0 N–H and O–H groups in total. The second kappa shape index (κ2) is 9.17. The van der Waals surface area contributed by atoms with E-state index < -0.39 is 0 Å². The quantitative estimate of drug-likeness (QED) is 0.435. The van der Waals surface area contributed by atoms with Gasteiger partial charge in [-0.25, -0.2) is 0 Å². The smallest absolute Gasteiger partial charge is 0.0433 e. The van der Waals surface area contributed by atoms with E-state index >= 15 is 0 Å². The fourth-order valence-corrected chi connectivity index (χ4v) is 3.99. The van der Waals surface area contributed by atoms with Gasteiger partial charge >= 0.3 is 0 Å². The van der Waals surface area contributed by atoms with E-state index in [2.05, 4.69) is 97.9 Å². The first kappa shape index (κ1) is 19.7. The highest BCUT2D eigenvalue weighted by Gasteiger charge is 2.07. The molecule has 0 saturated heterocycles. The zero-order valence-corrected chi connectivity index (χ0v) is 17.7. The number of halogens is 1. The summed E-state index contributed by atoms with van der Waals surface area (Å²) in [5.74, 6) is 0.833. The number of benzene rings is 2. The molecule has 3 rings (SSSR count). The van der Waals surface area contributed by atoms with Crippen LogP contribution in [-0.4, -0.2) is 0 Å². The van der Waals surface area contributed by atoms with Crippen LogP contribution in [0.25, 0.3) is 33.9 Å². The monoisotopic (exact) mass is 412 g/mol. The normalized spacial score (nSPS) is 12.0. The first-order valence-electron chi connectivity index (χ1n) is 8.53. The van der Waals surface area contributed by atoms with Crippen LogP contribution in [-0.2, 0) is 0 Å². The summed E-state index contributed by atoms with van der Waals surface area (Å²) in [4.78, 5) is 0. The lowest BCUT2D eigenvalue weighted by Crippen LogP contribution is -2.15. The minimum atomic E-state index is 0.833. The average molecular weight is 413 g/mol. The van der Waals surface area contributed by atoms with E-state index in [4.69, 9.17) is 0 Å². The van der Waals surface area contributed by atoms with Crippen molar-refractivity contribution in [1.82, 2.24) is 0 Å². The highest BCUT2D eigenvalue weighted by Crippen LogP contribution is 2.30. The Hall–Kier alpha value is -1.64. The number of hydrogen-bond donors (Lipinski definition) is 0. The lowest BCUT2D eigenvalue weighted by molar-refractivity contribution is 0.737. The van der Waals surface area contributed by atoms with Crippen molar-refractivity contribution in [3.05, 3.63) is 68.8 Å². The zero-order valence-electron chi connectivity index (χ0n) is 15.3. The molecule has 1 aromatic heterocycles. The summed E-state index contributed by atoms with van der Waals surface area (Å²) in [5, 5.41) is 2.36. The summed E-state index contributed by atoms with van der Waals surface area (Å²) in [5.41, 5.74) is 2.50. The van der Waals surface area contributed by atoms with Crippen molar-refractivity contribution in [1.29, 1.82) is 0 Å². The lowest BCUT2D eigenvalue weighted by atomic mass is 10.0. The molecule has 3 aromatic rings. The van der Waals surface area contributed by atoms with Crippen LogP contribution in [0.2, 0.25) is 0 Å². The zero-order chi connectivity index (χ0) is 18.4. The van der Waals surface area contributed by atoms with Crippen LogP contribution >= 0.6 is 27.3 Å². The van der Waals surface area contributed by atoms with Gasteiger partial charge in [-0.2, -0.15) is 0 Å². The van der Waals surface area contributed by atoms with Gasteiger partial charge in [-0.3, -0.25) is 0 Å². The van der Waals surface area contributed by atoms with Crippen molar-refractivity contribution in [2.75, 3.05) is 0 Å². The number of fused-ring (bicyclic) bond motifs is 1. The van der Waals surface area contributed by atoms with Crippen molar-refractivity contribution < 1.29 is 0 Å². The molecule has 0 saturated carbocycles. The molecule has 2 aromatic carbocycles. The van der Waals surface area contributed by atoms with E-state index in [1.165, 1.54) is 25.7 Å². The van der Waals surface area contributed by atoms with Crippen LogP contribution in [0.15, 0.2) is 59.1 Å².